The number of fused-ring (bicyclic) bond motifs is 2. The number of aryl methyl sites for hydroxylation is 1. The lowest BCUT2D eigenvalue weighted by Crippen LogP contribution is -2.31. The Balaban J connectivity index is 1.39. The smallest absolute Gasteiger partial charge is 0.261 e. The molecule has 1 saturated carbocycles. The third-order valence-electron chi connectivity index (χ3n) is 5.59. The van der Waals surface area contributed by atoms with Crippen molar-refractivity contribution in [1.29, 1.82) is 0 Å². The van der Waals surface area contributed by atoms with Crippen molar-refractivity contribution < 1.29 is 14.4 Å². The first-order valence-electron chi connectivity index (χ1n) is 9.99. The minimum atomic E-state index is -0.301. The molecule has 146 valence electrons. The van der Waals surface area contributed by atoms with Gasteiger partial charge in [-0.25, -0.2) is 0 Å². The van der Waals surface area contributed by atoms with Crippen molar-refractivity contribution in [1.82, 2.24) is 9.47 Å². The number of carbonyl (C=O) groups excluding carboxylic acids is 3. The molecular formula is C23H21N3O3. The van der Waals surface area contributed by atoms with Crippen LogP contribution in [-0.2, 0) is 6.54 Å². The summed E-state index contributed by atoms with van der Waals surface area (Å²) in [7, 11) is 0. The molecule has 6 heteroatoms. The zero-order chi connectivity index (χ0) is 20.1. The Morgan fingerprint density at radius 3 is 2.59 bits per heavy atom. The third kappa shape index (κ3) is 2.92. The molecule has 1 fully saturated rings. The molecule has 6 nitrogen and oxygen atoms in total. The Morgan fingerprint density at radius 1 is 1.03 bits per heavy atom. The van der Waals surface area contributed by atoms with Gasteiger partial charge in [0.1, 0.15) is 0 Å². The SMILES string of the molecule is CCCn1ccc2cc(NC(=O)c3ccc4c(c3)C(=O)N(C3CC3)C4=O)ccc21. The van der Waals surface area contributed by atoms with Gasteiger partial charge in [-0.2, -0.15) is 0 Å². The Labute approximate surface area is 168 Å². The third-order valence-corrected chi connectivity index (χ3v) is 5.59. The number of anilines is 1. The fourth-order valence-electron chi connectivity index (χ4n) is 3.98. The van der Waals surface area contributed by atoms with E-state index in [1.165, 1.54) is 11.0 Å². The number of benzene rings is 2. The van der Waals surface area contributed by atoms with Gasteiger partial charge in [-0.15, -0.1) is 0 Å². The van der Waals surface area contributed by atoms with Crippen LogP contribution in [0.15, 0.2) is 48.7 Å². The normalized spacial score (nSPS) is 15.8. The molecule has 1 aromatic heterocycles. The van der Waals surface area contributed by atoms with Crippen LogP contribution in [0.1, 0.15) is 57.3 Å². The van der Waals surface area contributed by atoms with Crippen molar-refractivity contribution >= 4 is 34.3 Å². The summed E-state index contributed by atoms with van der Waals surface area (Å²) in [6.45, 7) is 3.09. The van der Waals surface area contributed by atoms with Crippen molar-refractivity contribution in [2.45, 2.75) is 38.8 Å². The zero-order valence-corrected chi connectivity index (χ0v) is 16.1. The molecule has 0 spiro atoms. The predicted molar refractivity (Wildman–Crippen MR) is 110 cm³/mol. The van der Waals surface area contributed by atoms with Crippen LogP contribution in [0.5, 0.6) is 0 Å². The molecule has 1 aliphatic heterocycles. The van der Waals surface area contributed by atoms with Crippen LogP contribution in [0.2, 0.25) is 0 Å². The first kappa shape index (κ1) is 17.7. The lowest BCUT2D eigenvalue weighted by Gasteiger charge is -2.11. The highest BCUT2D eigenvalue weighted by Crippen LogP contribution is 2.35. The molecule has 1 aliphatic carbocycles. The van der Waals surface area contributed by atoms with Gasteiger partial charge >= 0.3 is 0 Å². The van der Waals surface area contributed by atoms with Crippen LogP contribution < -0.4 is 5.32 Å². The number of hydrogen-bond acceptors (Lipinski definition) is 3. The summed E-state index contributed by atoms with van der Waals surface area (Å²) in [6, 6.07) is 12.6. The minimum absolute atomic E-state index is 0.0198. The van der Waals surface area contributed by atoms with Crippen molar-refractivity contribution in [3.05, 3.63) is 65.4 Å². The molecule has 0 bridgehead atoms. The molecule has 0 unspecified atom stereocenters. The average molecular weight is 387 g/mol. The van der Waals surface area contributed by atoms with E-state index in [0.29, 0.717) is 22.4 Å². The molecular weight excluding hydrogens is 366 g/mol. The summed E-state index contributed by atoms with van der Waals surface area (Å²) in [5, 5.41) is 3.96. The van der Waals surface area contributed by atoms with E-state index in [9.17, 15) is 14.4 Å². The molecule has 2 heterocycles. The lowest BCUT2D eigenvalue weighted by atomic mass is 10.1. The summed E-state index contributed by atoms with van der Waals surface area (Å²) in [5.74, 6) is -0.840. The van der Waals surface area contributed by atoms with Crippen LogP contribution in [0.3, 0.4) is 0 Å². The van der Waals surface area contributed by atoms with Crippen molar-refractivity contribution in [3.63, 3.8) is 0 Å². The highest BCUT2D eigenvalue weighted by Gasteiger charge is 2.44. The van der Waals surface area contributed by atoms with E-state index in [2.05, 4.69) is 23.0 Å². The second-order valence-corrected chi connectivity index (χ2v) is 7.71. The number of nitrogens with zero attached hydrogens (tertiary/aromatic N) is 2. The van der Waals surface area contributed by atoms with Gasteiger partial charge in [0.05, 0.1) is 11.1 Å². The molecule has 3 amide bonds. The predicted octanol–water partition coefficient (Wildman–Crippen LogP) is 4.06. The van der Waals surface area contributed by atoms with Crippen molar-refractivity contribution in [3.8, 4) is 0 Å². The highest BCUT2D eigenvalue weighted by molar-refractivity contribution is 6.22. The van der Waals surface area contributed by atoms with E-state index in [0.717, 1.165) is 36.7 Å². The summed E-state index contributed by atoms with van der Waals surface area (Å²) < 4.78 is 2.19. The zero-order valence-electron chi connectivity index (χ0n) is 16.1. The van der Waals surface area contributed by atoms with Gasteiger partial charge in [0.25, 0.3) is 17.7 Å². The summed E-state index contributed by atoms with van der Waals surface area (Å²) in [5.41, 5.74) is 2.90. The average Bonchev–Trinajstić information content (AvgIpc) is 3.43. The summed E-state index contributed by atoms with van der Waals surface area (Å²) >= 11 is 0. The molecule has 0 atom stereocenters. The Bertz CT molecular complexity index is 1170. The number of carbonyl (C=O) groups is 3. The van der Waals surface area contributed by atoms with Crippen molar-refractivity contribution in [2.24, 2.45) is 0 Å². The highest BCUT2D eigenvalue weighted by atomic mass is 16.2. The van der Waals surface area contributed by atoms with E-state index in [1.54, 1.807) is 12.1 Å². The van der Waals surface area contributed by atoms with Crippen molar-refractivity contribution in [2.75, 3.05) is 5.32 Å². The van der Waals surface area contributed by atoms with Gasteiger partial charge in [-0.05, 0) is 61.7 Å². The molecule has 0 saturated heterocycles. The molecule has 5 rings (SSSR count). The maximum Gasteiger partial charge on any atom is 0.261 e. The fourth-order valence-corrected chi connectivity index (χ4v) is 3.98. The minimum Gasteiger partial charge on any atom is -0.347 e. The topological polar surface area (TPSA) is 71.4 Å². The monoisotopic (exact) mass is 387 g/mol. The van der Waals surface area contributed by atoms with Gasteiger partial charge < -0.3 is 9.88 Å². The van der Waals surface area contributed by atoms with E-state index < -0.39 is 0 Å². The second-order valence-electron chi connectivity index (χ2n) is 7.71. The van der Waals surface area contributed by atoms with Crippen LogP contribution >= 0.6 is 0 Å². The second kappa shape index (κ2) is 6.58. The van der Waals surface area contributed by atoms with Crippen LogP contribution in [0, 0.1) is 0 Å². The first-order chi connectivity index (χ1) is 14.1. The maximum atomic E-state index is 12.7. The van der Waals surface area contributed by atoms with E-state index in [4.69, 9.17) is 0 Å². The summed E-state index contributed by atoms with van der Waals surface area (Å²) in [6.07, 6.45) is 4.83. The van der Waals surface area contributed by atoms with Gasteiger partial charge in [-0.3, -0.25) is 19.3 Å². The van der Waals surface area contributed by atoms with Crippen LogP contribution in [-0.4, -0.2) is 33.2 Å². The number of imide groups is 1. The van der Waals surface area contributed by atoms with Gasteiger partial charge in [-0.1, -0.05) is 6.92 Å². The van der Waals surface area contributed by atoms with Crippen LogP contribution in [0.25, 0.3) is 10.9 Å². The molecule has 0 radical (unpaired) electrons. The van der Waals surface area contributed by atoms with E-state index >= 15 is 0 Å². The molecule has 3 aromatic rings. The largest absolute Gasteiger partial charge is 0.347 e. The van der Waals surface area contributed by atoms with Gasteiger partial charge in [0, 0.05) is 40.9 Å². The number of nitrogens with one attached hydrogen (secondary N) is 1. The first-order valence-corrected chi connectivity index (χ1v) is 9.99. The van der Waals surface area contributed by atoms with Gasteiger partial charge in [0.15, 0.2) is 0 Å². The Hall–Kier alpha value is -3.41. The fraction of sp³-hybridized carbons (Fsp3) is 0.261. The molecule has 29 heavy (non-hydrogen) atoms. The number of hydrogen-bond donors (Lipinski definition) is 1. The number of rotatable bonds is 5. The number of aromatic nitrogens is 1. The molecule has 2 aliphatic rings. The van der Waals surface area contributed by atoms with E-state index in [1.807, 2.05) is 24.3 Å². The standard InChI is InChI=1S/C23H21N3O3/c1-2-10-25-11-9-14-12-16(4-8-20(14)25)24-21(27)15-3-7-18-19(13-15)23(29)26(22(18)28)17-5-6-17/h3-4,7-9,11-13,17H,2,5-6,10H2,1H3,(H,24,27). The van der Waals surface area contributed by atoms with Crippen LogP contribution in [0.4, 0.5) is 5.69 Å². The molecule has 2 aromatic carbocycles. The Morgan fingerprint density at radius 2 is 1.83 bits per heavy atom. The lowest BCUT2D eigenvalue weighted by molar-refractivity contribution is 0.0642. The molecule has 1 N–H and O–H groups in total. The van der Waals surface area contributed by atoms with E-state index in [-0.39, 0.29) is 23.8 Å². The number of amides is 3. The Kier molecular flexibility index (Phi) is 4.01. The quantitative estimate of drug-likeness (QED) is 0.671. The van der Waals surface area contributed by atoms with Gasteiger partial charge in [0.2, 0.25) is 0 Å². The summed E-state index contributed by atoms with van der Waals surface area (Å²) in [4.78, 5) is 39.1. The maximum absolute atomic E-state index is 12.7.